The fourth-order valence-electron chi connectivity index (χ4n) is 3.51. The molecule has 2 aromatic heterocycles. The smallest absolute Gasteiger partial charge is 0.339 e. The largest absolute Gasteiger partial charge is 0.480 e. The first-order chi connectivity index (χ1) is 13.6. The predicted molar refractivity (Wildman–Crippen MR) is 109 cm³/mol. The average Bonchev–Trinajstić information content (AvgIpc) is 2.91. The van der Waals surface area contributed by atoms with Gasteiger partial charge in [0, 0.05) is 28.8 Å². The Bertz CT molecular complexity index is 1170. The van der Waals surface area contributed by atoms with Crippen molar-refractivity contribution in [1.29, 1.82) is 0 Å². The van der Waals surface area contributed by atoms with Gasteiger partial charge in [0.05, 0.1) is 0 Å². The van der Waals surface area contributed by atoms with E-state index in [1.807, 2.05) is 26.8 Å². The summed E-state index contributed by atoms with van der Waals surface area (Å²) in [6.45, 7) is 9.13. The molecule has 7 heteroatoms. The summed E-state index contributed by atoms with van der Waals surface area (Å²) in [6, 6.07) is 2.70. The van der Waals surface area contributed by atoms with E-state index in [0.29, 0.717) is 16.7 Å². The van der Waals surface area contributed by atoms with E-state index in [4.69, 9.17) is 8.83 Å². The molecule has 29 heavy (non-hydrogen) atoms. The highest BCUT2D eigenvalue weighted by atomic mass is 16.4. The first-order valence-electron chi connectivity index (χ1n) is 9.58. The minimum absolute atomic E-state index is 0.000300. The maximum absolute atomic E-state index is 12.5. The molecule has 0 bridgehead atoms. The normalized spacial score (nSPS) is 12.6. The van der Waals surface area contributed by atoms with Gasteiger partial charge in [-0.2, -0.15) is 0 Å². The maximum atomic E-state index is 12.5. The van der Waals surface area contributed by atoms with Crippen LogP contribution in [0.2, 0.25) is 0 Å². The lowest BCUT2D eigenvalue weighted by molar-refractivity contribution is -0.143. The number of hydrogen-bond acceptors (Lipinski definition) is 5. The molecule has 1 amide bonds. The molecule has 0 radical (unpaired) electrons. The molecule has 3 aromatic rings. The number of carboxylic acid groups (broad SMARTS) is 1. The van der Waals surface area contributed by atoms with Crippen LogP contribution in [0.5, 0.6) is 0 Å². The van der Waals surface area contributed by atoms with Crippen molar-refractivity contribution in [2.75, 3.05) is 0 Å². The zero-order valence-corrected chi connectivity index (χ0v) is 17.2. The van der Waals surface area contributed by atoms with Crippen LogP contribution in [0.3, 0.4) is 0 Å². The first-order valence-corrected chi connectivity index (χ1v) is 9.58. The zero-order valence-electron chi connectivity index (χ0n) is 17.2. The van der Waals surface area contributed by atoms with Crippen molar-refractivity contribution in [1.82, 2.24) is 5.32 Å². The number of furan rings is 1. The van der Waals surface area contributed by atoms with Crippen LogP contribution in [-0.2, 0) is 16.0 Å². The summed E-state index contributed by atoms with van der Waals surface area (Å²) in [5, 5.41) is 13.5. The second-order valence-corrected chi connectivity index (χ2v) is 7.75. The number of nitrogens with one attached hydrogen (secondary N) is 1. The fourth-order valence-corrected chi connectivity index (χ4v) is 3.51. The van der Waals surface area contributed by atoms with Crippen molar-refractivity contribution in [2.45, 2.75) is 53.5 Å². The monoisotopic (exact) mass is 399 g/mol. The number of carbonyl (C=O) groups excluding carboxylic acids is 1. The molecule has 0 fully saturated rings. The van der Waals surface area contributed by atoms with Crippen LogP contribution in [0.15, 0.2) is 25.8 Å². The number of fused-ring (bicyclic) bond motifs is 2. The number of carboxylic acids is 1. The summed E-state index contributed by atoms with van der Waals surface area (Å²) < 4.78 is 11.2. The lowest BCUT2D eigenvalue weighted by Gasteiger charge is -2.17. The minimum atomic E-state index is -1.08. The second kappa shape index (κ2) is 7.73. The molecule has 154 valence electrons. The number of amides is 1. The predicted octanol–water partition coefficient (Wildman–Crippen LogP) is 3.62. The van der Waals surface area contributed by atoms with Crippen LogP contribution in [0, 0.1) is 26.7 Å². The summed E-state index contributed by atoms with van der Waals surface area (Å²) in [5.41, 5.74) is 2.80. The molecule has 0 aliphatic rings. The van der Waals surface area contributed by atoms with Gasteiger partial charge in [0.15, 0.2) is 0 Å². The Hall–Kier alpha value is -3.09. The summed E-state index contributed by atoms with van der Waals surface area (Å²) in [7, 11) is 0. The molecular weight excluding hydrogens is 374 g/mol. The van der Waals surface area contributed by atoms with Crippen molar-refractivity contribution in [2.24, 2.45) is 5.92 Å². The van der Waals surface area contributed by atoms with Crippen molar-refractivity contribution in [3.8, 4) is 0 Å². The SMILES string of the molecule is Cc1oc2cc3oc(=O)c(CCC(=O)N[C@H](C(=O)O)C(C)C)c(C)c3cc2c1C. The number of carbonyl (C=O) groups is 2. The average molecular weight is 399 g/mol. The van der Waals surface area contributed by atoms with Crippen molar-refractivity contribution in [3.05, 3.63) is 45.0 Å². The summed E-state index contributed by atoms with van der Waals surface area (Å²) >= 11 is 0. The topological polar surface area (TPSA) is 110 Å². The number of aryl methyl sites for hydroxylation is 3. The van der Waals surface area contributed by atoms with Gasteiger partial charge in [0.2, 0.25) is 5.91 Å². The van der Waals surface area contributed by atoms with Gasteiger partial charge in [-0.25, -0.2) is 9.59 Å². The quantitative estimate of drug-likeness (QED) is 0.613. The van der Waals surface area contributed by atoms with Crippen LogP contribution in [-0.4, -0.2) is 23.0 Å². The highest BCUT2D eigenvalue weighted by Crippen LogP contribution is 2.31. The van der Waals surface area contributed by atoms with Gasteiger partial charge in [-0.15, -0.1) is 0 Å². The van der Waals surface area contributed by atoms with Gasteiger partial charge in [0.1, 0.15) is 23.0 Å². The number of benzene rings is 1. The zero-order chi connectivity index (χ0) is 21.5. The standard InChI is InChI=1S/C22H25NO6/c1-10(2)20(21(25)26)23-19(24)7-6-14-12(4)16-8-15-11(3)13(5)28-17(15)9-18(16)29-22(14)27/h8-10,20H,6-7H2,1-5H3,(H,23,24)(H,25,26)/t20-/m0/s1. The van der Waals surface area contributed by atoms with E-state index >= 15 is 0 Å². The van der Waals surface area contributed by atoms with Gasteiger partial charge in [-0.05, 0) is 50.3 Å². The molecule has 2 N–H and O–H groups in total. The highest BCUT2D eigenvalue weighted by Gasteiger charge is 2.23. The third-order valence-corrected chi connectivity index (χ3v) is 5.43. The summed E-state index contributed by atoms with van der Waals surface area (Å²) in [6.07, 6.45) is 0.168. The van der Waals surface area contributed by atoms with Crippen molar-refractivity contribution < 1.29 is 23.5 Å². The van der Waals surface area contributed by atoms with E-state index in [-0.39, 0.29) is 18.8 Å². The minimum Gasteiger partial charge on any atom is -0.480 e. The van der Waals surface area contributed by atoms with E-state index in [1.54, 1.807) is 19.9 Å². The Kier molecular flexibility index (Phi) is 5.50. The maximum Gasteiger partial charge on any atom is 0.339 e. The molecular formula is C22H25NO6. The molecule has 0 spiro atoms. The molecule has 2 heterocycles. The first kappa shape index (κ1) is 20.6. The molecule has 0 aliphatic heterocycles. The van der Waals surface area contributed by atoms with Gasteiger partial charge in [-0.1, -0.05) is 13.8 Å². The molecule has 0 saturated carbocycles. The summed E-state index contributed by atoms with van der Waals surface area (Å²) in [4.78, 5) is 36.0. The molecule has 0 saturated heterocycles. The molecule has 7 nitrogen and oxygen atoms in total. The van der Waals surface area contributed by atoms with Crippen LogP contribution < -0.4 is 10.9 Å². The van der Waals surface area contributed by atoms with Crippen LogP contribution >= 0.6 is 0 Å². The Balaban J connectivity index is 1.90. The number of aliphatic carboxylic acids is 1. The van der Waals surface area contributed by atoms with Crippen LogP contribution in [0.25, 0.3) is 21.9 Å². The van der Waals surface area contributed by atoms with Gasteiger partial charge in [-0.3, -0.25) is 4.79 Å². The van der Waals surface area contributed by atoms with E-state index < -0.39 is 23.5 Å². The molecule has 3 rings (SSSR count). The van der Waals surface area contributed by atoms with Crippen LogP contribution in [0.4, 0.5) is 0 Å². The Morgan fingerprint density at radius 1 is 1.03 bits per heavy atom. The lowest BCUT2D eigenvalue weighted by atomic mass is 10.00. The fraction of sp³-hybridized carbons (Fsp3) is 0.409. The second-order valence-electron chi connectivity index (χ2n) is 7.75. The van der Waals surface area contributed by atoms with Crippen molar-refractivity contribution in [3.63, 3.8) is 0 Å². The Morgan fingerprint density at radius 3 is 2.28 bits per heavy atom. The third-order valence-electron chi connectivity index (χ3n) is 5.43. The lowest BCUT2D eigenvalue weighted by Crippen LogP contribution is -2.44. The number of rotatable bonds is 6. The van der Waals surface area contributed by atoms with Gasteiger partial charge < -0.3 is 19.3 Å². The van der Waals surface area contributed by atoms with E-state index in [9.17, 15) is 19.5 Å². The Morgan fingerprint density at radius 2 is 1.66 bits per heavy atom. The van der Waals surface area contributed by atoms with Crippen LogP contribution in [0.1, 0.15) is 42.7 Å². The van der Waals surface area contributed by atoms with Crippen molar-refractivity contribution >= 4 is 33.8 Å². The highest BCUT2D eigenvalue weighted by molar-refractivity contribution is 5.96. The van der Waals surface area contributed by atoms with Gasteiger partial charge in [0.25, 0.3) is 0 Å². The summed E-state index contributed by atoms with van der Waals surface area (Å²) in [5.74, 6) is -0.926. The molecule has 0 aliphatic carbocycles. The van der Waals surface area contributed by atoms with Gasteiger partial charge >= 0.3 is 11.6 Å². The molecule has 0 unspecified atom stereocenters. The third kappa shape index (κ3) is 3.90. The van der Waals surface area contributed by atoms with E-state index in [2.05, 4.69) is 5.32 Å². The number of hydrogen-bond donors (Lipinski definition) is 2. The van der Waals surface area contributed by atoms with E-state index in [1.165, 1.54) is 0 Å². The Labute approximate surface area is 167 Å². The molecule has 1 aromatic carbocycles. The molecule has 1 atom stereocenters. The van der Waals surface area contributed by atoms with E-state index in [0.717, 1.165) is 27.7 Å².